The molecule has 1 aromatic carbocycles. The largest absolute Gasteiger partial charge is 0.493 e. The summed E-state index contributed by atoms with van der Waals surface area (Å²) in [6, 6.07) is 7.06. The predicted molar refractivity (Wildman–Crippen MR) is 101 cm³/mol. The molecule has 0 saturated heterocycles. The van der Waals surface area contributed by atoms with E-state index in [1.807, 2.05) is 13.8 Å². The Morgan fingerprint density at radius 3 is 2.15 bits per heavy atom. The van der Waals surface area contributed by atoms with Gasteiger partial charge < -0.3 is 24.8 Å². The van der Waals surface area contributed by atoms with Crippen molar-refractivity contribution in [3.8, 4) is 17.2 Å². The van der Waals surface area contributed by atoms with Gasteiger partial charge in [0.2, 0.25) is 5.75 Å². The van der Waals surface area contributed by atoms with Gasteiger partial charge in [0.25, 0.3) is 5.91 Å². The Kier molecular flexibility index (Phi) is 6.66. The topological polar surface area (TPSA) is 81.7 Å². The number of rotatable bonds is 8. The molecule has 1 aromatic heterocycles. The van der Waals surface area contributed by atoms with Crippen molar-refractivity contribution < 1.29 is 19.0 Å². The van der Waals surface area contributed by atoms with Crippen LogP contribution in [0.2, 0.25) is 0 Å². The minimum atomic E-state index is -0.182. The monoisotopic (exact) mass is 359 g/mol. The number of anilines is 2. The van der Waals surface area contributed by atoms with Crippen LogP contribution in [-0.4, -0.2) is 38.8 Å². The molecule has 0 unspecified atom stereocenters. The molecule has 0 bridgehead atoms. The molecule has 7 nitrogen and oxygen atoms in total. The predicted octanol–water partition coefficient (Wildman–Crippen LogP) is 3.24. The molecule has 1 amide bonds. The Balaban J connectivity index is 2.15. The smallest absolute Gasteiger partial charge is 0.269 e. The molecule has 7 heteroatoms. The Labute approximate surface area is 153 Å². The zero-order valence-corrected chi connectivity index (χ0v) is 15.8. The number of benzene rings is 1. The van der Waals surface area contributed by atoms with Gasteiger partial charge in [-0.2, -0.15) is 0 Å². The van der Waals surface area contributed by atoms with E-state index < -0.39 is 0 Å². The summed E-state index contributed by atoms with van der Waals surface area (Å²) in [5.74, 6) is 1.83. The second-order valence-corrected chi connectivity index (χ2v) is 6.08. The van der Waals surface area contributed by atoms with Crippen molar-refractivity contribution >= 4 is 17.3 Å². The number of hydrogen-bond acceptors (Lipinski definition) is 6. The first-order valence-electron chi connectivity index (χ1n) is 8.29. The summed E-state index contributed by atoms with van der Waals surface area (Å²) in [6.45, 7) is 4.70. The van der Waals surface area contributed by atoms with Gasteiger partial charge in [0.1, 0.15) is 5.69 Å². The molecular weight excluding hydrogens is 334 g/mol. The quantitative estimate of drug-likeness (QED) is 0.753. The second kappa shape index (κ2) is 8.94. The number of pyridine rings is 1. The van der Waals surface area contributed by atoms with Crippen molar-refractivity contribution in [3.63, 3.8) is 0 Å². The van der Waals surface area contributed by atoms with E-state index in [1.165, 1.54) is 0 Å². The highest BCUT2D eigenvalue weighted by atomic mass is 16.5. The lowest BCUT2D eigenvalue weighted by molar-refractivity contribution is 0.0944. The van der Waals surface area contributed by atoms with Crippen LogP contribution in [0.4, 0.5) is 11.4 Å². The van der Waals surface area contributed by atoms with E-state index in [-0.39, 0.29) is 5.91 Å². The molecule has 0 aliphatic heterocycles. The molecule has 0 atom stereocenters. The molecule has 140 valence electrons. The fourth-order valence-electron chi connectivity index (χ4n) is 2.31. The summed E-state index contributed by atoms with van der Waals surface area (Å²) in [4.78, 5) is 16.2. The van der Waals surface area contributed by atoms with Gasteiger partial charge in [0.05, 0.1) is 33.2 Å². The van der Waals surface area contributed by atoms with Gasteiger partial charge in [-0.3, -0.25) is 4.79 Å². The van der Waals surface area contributed by atoms with Gasteiger partial charge in [-0.15, -0.1) is 0 Å². The third-order valence-corrected chi connectivity index (χ3v) is 3.62. The van der Waals surface area contributed by atoms with Crippen molar-refractivity contribution in [3.05, 3.63) is 36.2 Å². The Bertz CT molecular complexity index is 720. The van der Waals surface area contributed by atoms with Crippen LogP contribution in [0.1, 0.15) is 24.3 Å². The highest BCUT2D eigenvalue weighted by Gasteiger charge is 2.13. The third-order valence-electron chi connectivity index (χ3n) is 3.62. The molecule has 0 spiro atoms. The Hall–Kier alpha value is -2.96. The highest BCUT2D eigenvalue weighted by Crippen LogP contribution is 2.40. The van der Waals surface area contributed by atoms with Crippen LogP contribution in [0.15, 0.2) is 30.5 Å². The number of methoxy groups -OCH3 is 3. The van der Waals surface area contributed by atoms with Gasteiger partial charge >= 0.3 is 0 Å². The number of hydrogen-bond donors (Lipinski definition) is 2. The molecule has 0 aliphatic rings. The van der Waals surface area contributed by atoms with E-state index in [4.69, 9.17) is 14.2 Å². The van der Waals surface area contributed by atoms with Crippen molar-refractivity contribution in [2.45, 2.75) is 13.8 Å². The van der Waals surface area contributed by atoms with E-state index in [0.29, 0.717) is 35.4 Å². The molecule has 2 N–H and O–H groups in total. The zero-order valence-electron chi connectivity index (χ0n) is 15.8. The van der Waals surface area contributed by atoms with Gasteiger partial charge in [-0.05, 0) is 18.1 Å². The Morgan fingerprint density at radius 1 is 1.04 bits per heavy atom. The van der Waals surface area contributed by atoms with Gasteiger partial charge in [-0.25, -0.2) is 4.98 Å². The number of carbonyl (C=O) groups excluding carboxylic acids is 1. The van der Waals surface area contributed by atoms with Crippen molar-refractivity contribution in [2.24, 2.45) is 5.92 Å². The van der Waals surface area contributed by atoms with Crippen LogP contribution < -0.4 is 24.8 Å². The van der Waals surface area contributed by atoms with E-state index >= 15 is 0 Å². The minimum Gasteiger partial charge on any atom is -0.493 e. The lowest BCUT2D eigenvalue weighted by Gasteiger charge is -2.15. The minimum absolute atomic E-state index is 0.182. The highest BCUT2D eigenvalue weighted by molar-refractivity contribution is 5.92. The lowest BCUT2D eigenvalue weighted by Crippen LogP contribution is -2.27. The zero-order chi connectivity index (χ0) is 19.1. The van der Waals surface area contributed by atoms with Crippen molar-refractivity contribution in [1.82, 2.24) is 10.3 Å². The van der Waals surface area contributed by atoms with Crippen LogP contribution >= 0.6 is 0 Å². The average molecular weight is 359 g/mol. The third kappa shape index (κ3) is 4.78. The summed E-state index contributed by atoms with van der Waals surface area (Å²) in [7, 11) is 4.68. The number of aromatic nitrogens is 1. The SMILES string of the molecule is COc1cc(Nc2ccc(C(=O)NCC(C)C)nc2)cc(OC)c1OC. The van der Waals surface area contributed by atoms with Crippen LogP contribution in [0, 0.1) is 5.92 Å². The van der Waals surface area contributed by atoms with Crippen molar-refractivity contribution in [2.75, 3.05) is 33.2 Å². The molecule has 26 heavy (non-hydrogen) atoms. The molecule has 1 heterocycles. The summed E-state index contributed by atoms with van der Waals surface area (Å²) >= 11 is 0. The summed E-state index contributed by atoms with van der Waals surface area (Å²) < 4.78 is 16.0. The normalized spacial score (nSPS) is 10.4. The van der Waals surface area contributed by atoms with Crippen molar-refractivity contribution in [1.29, 1.82) is 0 Å². The fourth-order valence-corrected chi connectivity index (χ4v) is 2.31. The summed E-state index contributed by atoms with van der Waals surface area (Å²) in [6.07, 6.45) is 1.60. The summed E-state index contributed by atoms with van der Waals surface area (Å²) in [5, 5.41) is 6.05. The molecule has 0 saturated carbocycles. The maximum atomic E-state index is 12.0. The van der Waals surface area contributed by atoms with E-state index in [9.17, 15) is 4.79 Å². The van der Waals surface area contributed by atoms with E-state index in [1.54, 1.807) is 51.8 Å². The number of ether oxygens (including phenoxy) is 3. The number of nitrogens with zero attached hydrogens (tertiary/aromatic N) is 1. The molecule has 0 aliphatic carbocycles. The molecular formula is C19H25N3O4. The van der Waals surface area contributed by atoms with Crippen LogP contribution in [0.5, 0.6) is 17.2 Å². The van der Waals surface area contributed by atoms with Crippen LogP contribution in [0.3, 0.4) is 0 Å². The first-order valence-corrected chi connectivity index (χ1v) is 8.29. The molecule has 2 aromatic rings. The standard InChI is InChI=1S/C19H25N3O4/c1-12(2)10-21-19(23)15-7-6-13(11-20-15)22-14-8-16(24-3)18(26-5)17(9-14)25-4/h6-9,11-12,22H,10H2,1-5H3,(H,21,23). The molecule has 2 rings (SSSR count). The first-order chi connectivity index (χ1) is 12.5. The fraction of sp³-hybridized carbons (Fsp3) is 0.368. The average Bonchev–Trinajstić information content (AvgIpc) is 2.65. The maximum absolute atomic E-state index is 12.0. The summed E-state index contributed by atoms with van der Waals surface area (Å²) in [5.41, 5.74) is 1.86. The first kappa shape index (κ1) is 19.4. The van der Waals surface area contributed by atoms with Crippen LogP contribution in [0.25, 0.3) is 0 Å². The second-order valence-electron chi connectivity index (χ2n) is 6.08. The maximum Gasteiger partial charge on any atom is 0.269 e. The number of nitrogens with one attached hydrogen (secondary N) is 2. The number of amides is 1. The molecule has 0 radical (unpaired) electrons. The van der Waals surface area contributed by atoms with Gasteiger partial charge in [0.15, 0.2) is 11.5 Å². The van der Waals surface area contributed by atoms with Gasteiger partial charge in [-0.1, -0.05) is 13.8 Å². The molecule has 0 fully saturated rings. The van der Waals surface area contributed by atoms with Crippen LogP contribution in [-0.2, 0) is 0 Å². The Morgan fingerprint density at radius 2 is 1.69 bits per heavy atom. The van der Waals surface area contributed by atoms with Gasteiger partial charge in [0, 0.05) is 24.4 Å². The van der Waals surface area contributed by atoms with E-state index in [2.05, 4.69) is 15.6 Å². The number of carbonyl (C=O) groups is 1. The lowest BCUT2D eigenvalue weighted by atomic mass is 10.2. The van der Waals surface area contributed by atoms with E-state index in [0.717, 1.165) is 11.4 Å².